The summed E-state index contributed by atoms with van der Waals surface area (Å²) >= 11 is 0. The lowest BCUT2D eigenvalue weighted by atomic mass is 9.84. The zero-order valence-electron chi connectivity index (χ0n) is 11.2. The second-order valence-corrected chi connectivity index (χ2v) is 5.80. The van der Waals surface area contributed by atoms with Gasteiger partial charge in [0, 0.05) is 12.1 Å². The number of aliphatic hydroxyl groups excluding tert-OH is 1. The Hall–Kier alpha value is -0.0800. The maximum Gasteiger partial charge on any atom is 0.0584 e. The third-order valence-electron chi connectivity index (χ3n) is 3.87. The average molecular weight is 227 g/mol. The van der Waals surface area contributed by atoms with Crippen molar-refractivity contribution < 1.29 is 5.11 Å². The van der Waals surface area contributed by atoms with Gasteiger partial charge in [-0.05, 0) is 43.9 Å². The van der Waals surface area contributed by atoms with E-state index in [1.165, 1.54) is 32.1 Å². The van der Waals surface area contributed by atoms with E-state index in [9.17, 15) is 5.11 Å². The predicted molar refractivity (Wildman–Crippen MR) is 69.5 cm³/mol. The maximum atomic E-state index is 9.34. The van der Waals surface area contributed by atoms with Crippen LogP contribution in [-0.2, 0) is 0 Å². The second-order valence-electron chi connectivity index (χ2n) is 5.80. The Morgan fingerprint density at radius 3 is 2.25 bits per heavy atom. The van der Waals surface area contributed by atoms with Crippen molar-refractivity contribution in [2.75, 3.05) is 6.61 Å². The monoisotopic (exact) mass is 227 g/mol. The molecule has 0 spiro atoms. The minimum atomic E-state index is 0.284. The van der Waals surface area contributed by atoms with Crippen molar-refractivity contribution in [3.63, 3.8) is 0 Å². The van der Waals surface area contributed by atoms with E-state index in [1.807, 2.05) is 0 Å². The highest BCUT2D eigenvalue weighted by atomic mass is 16.3. The molecule has 2 heteroatoms. The summed E-state index contributed by atoms with van der Waals surface area (Å²) in [5.74, 6) is 1.62. The minimum Gasteiger partial charge on any atom is -0.395 e. The molecule has 0 aromatic carbocycles. The molecule has 1 aliphatic carbocycles. The first-order valence-electron chi connectivity index (χ1n) is 7.02. The maximum absolute atomic E-state index is 9.34. The van der Waals surface area contributed by atoms with Crippen molar-refractivity contribution >= 4 is 0 Å². The molecule has 2 N–H and O–H groups in total. The van der Waals surface area contributed by atoms with Crippen LogP contribution in [0.1, 0.15) is 59.3 Å². The van der Waals surface area contributed by atoms with Crippen molar-refractivity contribution in [1.29, 1.82) is 0 Å². The zero-order valence-corrected chi connectivity index (χ0v) is 11.2. The molecule has 1 atom stereocenters. The molecule has 96 valence electrons. The molecule has 0 saturated heterocycles. The molecule has 0 bridgehead atoms. The van der Waals surface area contributed by atoms with E-state index in [4.69, 9.17) is 0 Å². The second kappa shape index (κ2) is 7.29. The van der Waals surface area contributed by atoms with Crippen LogP contribution in [0, 0.1) is 11.8 Å². The standard InChI is InChI=1S/C14H29NO/c1-4-12-5-7-13(8-6-12)15-14(10-16)9-11(2)3/h11-16H,4-10H2,1-3H3. The van der Waals surface area contributed by atoms with Gasteiger partial charge >= 0.3 is 0 Å². The number of aliphatic hydroxyl groups is 1. The first kappa shape index (κ1) is 14.0. The molecule has 1 rings (SSSR count). The Balaban J connectivity index is 2.25. The van der Waals surface area contributed by atoms with E-state index in [2.05, 4.69) is 26.1 Å². The van der Waals surface area contributed by atoms with Gasteiger partial charge in [0.25, 0.3) is 0 Å². The van der Waals surface area contributed by atoms with Crippen LogP contribution in [-0.4, -0.2) is 23.8 Å². The Morgan fingerprint density at radius 1 is 1.19 bits per heavy atom. The van der Waals surface area contributed by atoms with Gasteiger partial charge in [-0.2, -0.15) is 0 Å². The molecule has 16 heavy (non-hydrogen) atoms. The molecule has 0 aromatic rings. The molecular formula is C14H29NO. The van der Waals surface area contributed by atoms with E-state index in [-0.39, 0.29) is 6.61 Å². The van der Waals surface area contributed by atoms with Crippen LogP contribution in [0.15, 0.2) is 0 Å². The molecule has 0 heterocycles. The van der Waals surface area contributed by atoms with E-state index in [0.717, 1.165) is 12.3 Å². The highest BCUT2D eigenvalue weighted by Crippen LogP contribution is 2.26. The number of nitrogens with one attached hydrogen (secondary N) is 1. The van der Waals surface area contributed by atoms with Crippen LogP contribution < -0.4 is 5.32 Å². The van der Waals surface area contributed by atoms with Gasteiger partial charge in [0.05, 0.1) is 6.61 Å². The van der Waals surface area contributed by atoms with E-state index < -0.39 is 0 Å². The van der Waals surface area contributed by atoms with Crippen LogP contribution in [0.3, 0.4) is 0 Å². The smallest absolute Gasteiger partial charge is 0.0584 e. The third kappa shape index (κ3) is 4.84. The molecule has 0 radical (unpaired) electrons. The van der Waals surface area contributed by atoms with Crippen molar-refractivity contribution in [2.45, 2.75) is 71.4 Å². The number of hydrogen-bond acceptors (Lipinski definition) is 2. The van der Waals surface area contributed by atoms with Crippen molar-refractivity contribution in [1.82, 2.24) is 5.32 Å². The highest BCUT2D eigenvalue weighted by molar-refractivity contribution is 4.80. The summed E-state index contributed by atoms with van der Waals surface area (Å²) in [6, 6.07) is 0.960. The Bertz CT molecular complexity index is 174. The van der Waals surface area contributed by atoms with Crippen molar-refractivity contribution in [3.8, 4) is 0 Å². The molecule has 1 fully saturated rings. The van der Waals surface area contributed by atoms with Crippen molar-refractivity contribution in [3.05, 3.63) is 0 Å². The summed E-state index contributed by atoms with van der Waals surface area (Å²) in [5.41, 5.74) is 0. The Morgan fingerprint density at radius 2 is 1.81 bits per heavy atom. The summed E-state index contributed by atoms with van der Waals surface area (Å²) in [4.78, 5) is 0. The van der Waals surface area contributed by atoms with Gasteiger partial charge in [-0.3, -0.25) is 0 Å². The molecule has 1 unspecified atom stereocenters. The SMILES string of the molecule is CCC1CCC(NC(CO)CC(C)C)CC1. The molecule has 0 aliphatic heterocycles. The van der Waals surface area contributed by atoms with Gasteiger partial charge in [0.2, 0.25) is 0 Å². The lowest BCUT2D eigenvalue weighted by Gasteiger charge is -2.31. The first-order chi connectivity index (χ1) is 7.65. The zero-order chi connectivity index (χ0) is 12.0. The van der Waals surface area contributed by atoms with Gasteiger partial charge < -0.3 is 10.4 Å². The third-order valence-corrected chi connectivity index (χ3v) is 3.87. The van der Waals surface area contributed by atoms with Crippen LogP contribution >= 0.6 is 0 Å². The molecule has 0 aromatic heterocycles. The van der Waals surface area contributed by atoms with Crippen LogP contribution in [0.5, 0.6) is 0 Å². The van der Waals surface area contributed by atoms with Gasteiger partial charge in [0.15, 0.2) is 0 Å². The normalized spacial score (nSPS) is 28.3. The average Bonchev–Trinajstić information content (AvgIpc) is 2.28. The predicted octanol–water partition coefficient (Wildman–Crippen LogP) is 2.95. The summed E-state index contributed by atoms with van der Waals surface area (Å²) in [5, 5.41) is 13.0. The van der Waals surface area contributed by atoms with Crippen LogP contribution in [0.25, 0.3) is 0 Å². The molecular weight excluding hydrogens is 198 g/mol. The summed E-state index contributed by atoms with van der Waals surface area (Å²) in [6.45, 7) is 7.02. The summed E-state index contributed by atoms with van der Waals surface area (Å²) in [7, 11) is 0. The lowest BCUT2D eigenvalue weighted by molar-refractivity contribution is 0.191. The van der Waals surface area contributed by atoms with E-state index >= 15 is 0 Å². The van der Waals surface area contributed by atoms with Crippen LogP contribution in [0.4, 0.5) is 0 Å². The number of rotatable bonds is 6. The first-order valence-corrected chi connectivity index (χ1v) is 7.02. The molecule has 1 aliphatic rings. The molecule has 0 amide bonds. The Kier molecular flexibility index (Phi) is 6.37. The fourth-order valence-corrected chi connectivity index (χ4v) is 2.84. The van der Waals surface area contributed by atoms with Gasteiger partial charge in [-0.25, -0.2) is 0 Å². The lowest BCUT2D eigenvalue weighted by Crippen LogP contribution is -2.43. The van der Waals surface area contributed by atoms with E-state index in [0.29, 0.717) is 18.0 Å². The summed E-state index contributed by atoms with van der Waals surface area (Å²) < 4.78 is 0. The molecule has 2 nitrogen and oxygen atoms in total. The van der Waals surface area contributed by atoms with Crippen LogP contribution in [0.2, 0.25) is 0 Å². The quantitative estimate of drug-likeness (QED) is 0.731. The van der Waals surface area contributed by atoms with Gasteiger partial charge in [-0.1, -0.05) is 27.2 Å². The topological polar surface area (TPSA) is 32.3 Å². The van der Waals surface area contributed by atoms with Crippen molar-refractivity contribution in [2.24, 2.45) is 11.8 Å². The Labute approximate surface area is 101 Å². The largest absolute Gasteiger partial charge is 0.395 e. The van der Waals surface area contributed by atoms with Gasteiger partial charge in [0.1, 0.15) is 0 Å². The highest BCUT2D eigenvalue weighted by Gasteiger charge is 2.22. The molecule has 1 saturated carbocycles. The summed E-state index contributed by atoms with van der Waals surface area (Å²) in [6.07, 6.45) is 7.76. The fraction of sp³-hybridized carbons (Fsp3) is 1.00. The fourth-order valence-electron chi connectivity index (χ4n) is 2.84. The van der Waals surface area contributed by atoms with E-state index in [1.54, 1.807) is 0 Å². The van der Waals surface area contributed by atoms with Gasteiger partial charge in [-0.15, -0.1) is 0 Å². The minimum absolute atomic E-state index is 0.284. The number of hydrogen-bond donors (Lipinski definition) is 2.